The maximum atomic E-state index is 12.4. The minimum absolute atomic E-state index is 0.0684. The zero-order valence-electron chi connectivity index (χ0n) is 15.1. The molecule has 2 N–H and O–H groups in total. The highest BCUT2D eigenvalue weighted by atomic mass is 127. The van der Waals surface area contributed by atoms with E-state index in [1.54, 1.807) is 12.1 Å². The van der Waals surface area contributed by atoms with Gasteiger partial charge in [-0.2, -0.15) is 0 Å². The van der Waals surface area contributed by atoms with E-state index in [2.05, 4.69) is 38.1 Å². The Balaban J connectivity index is 1.64. The standard InChI is InChI=1S/C20H22IN3O3/c1-14-5-6-17(22-20(26)15-3-2-4-16(21)11-15)12-18(14)23-19(25)13-24-7-9-27-10-8-24/h2-6,11-12H,7-10,13H2,1H3,(H,22,26)(H,23,25). The van der Waals surface area contributed by atoms with Gasteiger partial charge in [0.25, 0.3) is 5.91 Å². The van der Waals surface area contributed by atoms with Gasteiger partial charge >= 0.3 is 0 Å². The lowest BCUT2D eigenvalue weighted by Gasteiger charge is -2.26. The first-order valence-corrected chi connectivity index (χ1v) is 9.86. The highest BCUT2D eigenvalue weighted by Gasteiger charge is 2.15. The number of hydrogen-bond donors (Lipinski definition) is 2. The van der Waals surface area contributed by atoms with Gasteiger partial charge in [-0.3, -0.25) is 14.5 Å². The number of amides is 2. The molecular formula is C20H22IN3O3. The fourth-order valence-corrected chi connectivity index (χ4v) is 3.36. The van der Waals surface area contributed by atoms with E-state index in [4.69, 9.17) is 4.74 Å². The highest BCUT2D eigenvalue weighted by molar-refractivity contribution is 14.1. The van der Waals surface area contributed by atoms with Crippen LogP contribution in [-0.4, -0.2) is 49.6 Å². The summed E-state index contributed by atoms with van der Waals surface area (Å²) in [6.07, 6.45) is 0. The molecule has 0 spiro atoms. The third kappa shape index (κ3) is 5.75. The summed E-state index contributed by atoms with van der Waals surface area (Å²) in [5, 5.41) is 5.83. The molecule has 1 saturated heterocycles. The molecule has 2 aromatic rings. The van der Waals surface area contributed by atoms with Crippen molar-refractivity contribution in [2.75, 3.05) is 43.5 Å². The number of ether oxygens (including phenoxy) is 1. The lowest BCUT2D eigenvalue weighted by atomic mass is 10.1. The Kier molecular flexibility index (Phi) is 6.81. The Bertz CT molecular complexity index is 835. The van der Waals surface area contributed by atoms with Gasteiger partial charge in [0.15, 0.2) is 0 Å². The number of morpholine rings is 1. The van der Waals surface area contributed by atoms with E-state index < -0.39 is 0 Å². The number of anilines is 2. The summed E-state index contributed by atoms with van der Waals surface area (Å²) in [7, 11) is 0. The topological polar surface area (TPSA) is 70.7 Å². The normalized spacial score (nSPS) is 14.6. The molecule has 7 heteroatoms. The molecular weight excluding hydrogens is 457 g/mol. The van der Waals surface area contributed by atoms with Crippen molar-refractivity contribution >= 4 is 45.8 Å². The number of benzene rings is 2. The SMILES string of the molecule is Cc1ccc(NC(=O)c2cccc(I)c2)cc1NC(=O)CN1CCOCC1. The number of rotatable bonds is 5. The predicted molar refractivity (Wildman–Crippen MR) is 114 cm³/mol. The third-order valence-corrected chi connectivity index (χ3v) is 5.00. The Morgan fingerprint density at radius 2 is 1.89 bits per heavy atom. The van der Waals surface area contributed by atoms with Crippen LogP contribution in [0.3, 0.4) is 0 Å². The fourth-order valence-electron chi connectivity index (χ4n) is 2.82. The highest BCUT2D eigenvalue weighted by Crippen LogP contribution is 2.21. The predicted octanol–water partition coefficient (Wildman–Crippen LogP) is 3.12. The summed E-state index contributed by atoms with van der Waals surface area (Å²) in [5.41, 5.74) is 2.89. The molecule has 2 aromatic carbocycles. The zero-order chi connectivity index (χ0) is 19.2. The third-order valence-electron chi connectivity index (χ3n) is 4.33. The van der Waals surface area contributed by atoms with Gasteiger partial charge in [0, 0.05) is 33.6 Å². The van der Waals surface area contributed by atoms with Crippen LogP contribution in [0.2, 0.25) is 0 Å². The maximum Gasteiger partial charge on any atom is 0.255 e. The van der Waals surface area contributed by atoms with E-state index in [0.29, 0.717) is 36.7 Å². The van der Waals surface area contributed by atoms with E-state index in [9.17, 15) is 9.59 Å². The monoisotopic (exact) mass is 479 g/mol. The smallest absolute Gasteiger partial charge is 0.255 e. The number of carbonyl (C=O) groups is 2. The Morgan fingerprint density at radius 1 is 1.11 bits per heavy atom. The fraction of sp³-hybridized carbons (Fsp3) is 0.300. The largest absolute Gasteiger partial charge is 0.379 e. The number of hydrogen-bond acceptors (Lipinski definition) is 4. The van der Waals surface area contributed by atoms with Crippen LogP contribution in [0.5, 0.6) is 0 Å². The van der Waals surface area contributed by atoms with E-state index >= 15 is 0 Å². The van der Waals surface area contributed by atoms with Gasteiger partial charge in [-0.05, 0) is 65.4 Å². The second kappa shape index (κ2) is 9.29. The number of aryl methyl sites for hydroxylation is 1. The lowest BCUT2D eigenvalue weighted by molar-refractivity contribution is -0.118. The van der Waals surface area contributed by atoms with Crippen LogP contribution in [0.25, 0.3) is 0 Å². The average Bonchev–Trinajstić information content (AvgIpc) is 2.65. The van der Waals surface area contributed by atoms with Crippen LogP contribution in [0, 0.1) is 10.5 Å². The van der Waals surface area contributed by atoms with E-state index in [-0.39, 0.29) is 11.8 Å². The number of nitrogens with zero attached hydrogens (tertiary/aromatic N) is 1. The number of carbonyl (C=O) groups excluding carboxylic acids is 2. The van der Waals surface area contributed by atoms with Gasteiger partial charge in [-0.1, -0.05) is 12.1 Å². The zero-order valence-corrected chi connectivity index (χ0v) is 17.3. The van der Waals surface area contributed by atoms with Crippen molar-refractivity contribution in [3.05, 3.63) is 57.2 Å². The van der Waals surface area contributed by atoms with Crippen molar-refractivity contribution in [3.8, 4) is 0 Å². The summed E-state index contributed by atoms with van der Waals surface area (Å²) >= 11 is 2.18. The quantitative estimate of drug-likeness (QED) is 0.647. The van der Waals surface area contributed by atoms with Gasteiger partial charge < -0.3 is 15.4 Å². The molecule has 0 unspecified atom stereocenters. The van der Waals surface area contributed by atoms with Crippen molar-refractivity contribution in [1.82, 2.24) is 4.90 Å². The molecule has 0 radical (unpaired) electrons. The van der Waals surface area contributed by atoms with Gasteiger partial charge in [-0.25, -0.2) is 0 Å². The van der Waals surface area contributed by atoms with Gasteiger partial charge in [0.05, 0.1) is 19.8 Å². The van der Waals surface area contributed by atoms with Crippen molar-refractivity contribution in [3.63, 3.8) is 0 Å². The van der Waals surface area contributed by atoms with Crippen LogP contribution in [0.15, 0.2) is 42.5 Å². The van der Waals surface area contributed by atoms with Crippen molar-refractivity contribution in [1.29, 1.82) is 0 Å². The summed E-state index contributed by atoms with van der Waals surface area (Å²) in [4.78, 5) is 26.8. The lowest BCUT2D eigenvalue weighted by Crippen LogP contribution is -2.41. The maximum absolute atomic E-state index is 12.4. The minimum atomic E-state index is -0.178. The van der Waals surface area contributed by atoms with Gasteiger partial charge in [0.2, 0.25) is 5.91 Å². The second-order valence-electron chi connectivity index (χ2n) is 6.43. The van der Waals surface area contributed by atoms with Crippen LogP contribution in [-0.2, 0) is 9.53 Å². The molecule has 0 bridgehead atoms. The molecule has 1 aliphatic rings. The molecule has 6 nitrogen and oxygen atoms in total. The van der Waals surface area contributed by atoms with E-state index in [1.807, 2.05) is 37.3 Å². The molecule has 3 rings (SSSR count). The first-order chi connectivity index (χ1) is 13.0. The molecule has 1 aliphatic heterocycles. The minimum Gasteiger partial charge on any atom is -0.379 e. The Hall–Kier alpha value is -1.97. The molecule has 0 aromatic heterocycles. The van der Waals surface area contributed by atoms with E-state index in [0.717, 1.165) is 22.2 Å². The van der Waals surface area contributed by atoms with Gasteiger partial charge in [-0.15, -0.1) is 0 Å². The second-order valence-corrected chi connectivity index (χ2v) is 7.68. The summed E-state index contributed by atoms with van der Waals surface area (Å²) in [6.45, 7) is 5.10. The Morgan fingerprint density at radius 3 is 2.63 bits per heavy atom. The summed E-state index contributed by atoms with van der Waals surface area (Å²) < 4.78 is 6.30. The van der Waals surface area contributed by atoms with Gasteiger partial charge in [0.1, 0.15) is 0 Å². The number of halogens is 1. The molecule has 0 atom stereocenters. The molecule has 0 aliphatic carbocycles. The molecule has 142 valence electrons. The van der Waals surface area contributed by atoms with Crippen LogP contribution < -0.4 is 10.6 Å². The molecule has 0 saturated carbocycles. The molecule has 1 fully saturated rings. The number of nitrogens with one attached hydrogen (secondary N) is 2. The van der Waals surface area contributed by atoms with E-state index in [1.165, 1.54) is 0 Å². The van der Waals surface area contributed by atoms with Crippen molar-refractivity contribution in [2.24, 2.45) is 0 Å². The van der Waals surface area contributed by atoms with Crippen molar-refractivity contribution < 1.29 is 14.3 Å². The summed E-state index contributed by atoms with van der Waals surface area (Å²) in [6, 6.07) is 12.9. The van der Waals surface area contributed by atoms with Crippen LogP contribution in [0.4, 0.5) is 11.4 Å². The molecule has 2 amide bonds. The summed E-state index contributed by atoms with van der Waals surface area (Å²) in [5.74, 6) is -0.246. The van der Waals surface area contributed by atoms with Crippen LogP contribution >= 0.6 is 22.6 Å². The molecule has 1 heterocycles. The Labute approximate surface area is 172 Å². The van der Waals surface area contributed by atoms with Crippen molar-refractivity contribution in [2.45, 2.75) is 6.92 Å². The molecule has 27 heavy (non-hydrogen) atoms. The van der Waals surface area contributed by atoms with Crippen LogP contribution in [0.1, 0.15) is 15.9 Å². The first-order valence-electron chi connectivity index (χ1n) is 8.79. The average molecular weight is 479 g/mol. The first kappa shape index (κ1) is 19.8.